The third-order valence-electron chi connectivity index (χ3n) is 1.67. The van der Waals surface area contributed by atoms with Gasteiger partial charge in [-0.05, 0) is 7.05 Å². The van der Waals surface area contributed by atoms with Crippen molar-refractivity contribution in [2.24, 2.45) is 0 Å². The van der Waals surface area contributed by atoms with Gasteiger partial charge in [-0.2, -0.15) is 0 Å². The molecule has 0 aliphatic carbocycles. The van der Waals surface area contributed by atoms with Crippen LogP contribution in [0, 0.1) is 0 Å². The van der Waals surface area contributed by atoms with Gasteiger partial charge in [-0.1, -0.05) is 0 Å². The van der Waals surface area contributed by atoms with E-state index in [2.05, 4.69) is 0 Å². The molecule has 0 saturated carbocycles. The van der Waals surface area contributed by atoms with Crippen LogP contribution in [0.1, 0.15) is 0 Å². The van der Waals surface area contributed by atoms with Gasteiger partial charge < -0.3 is 14.9 Å². The fraction of sp³-hybridized carbons (Fsp3) is 0.833. The minimum atomic E-state index is -0.670. The molecule has 1 unspecified atom stereocenters. The van der Waals surface area contributed by atoms with Crippen LogP contribution >= 0.6 is 0 Å². The highest BCUT2D eigenvalue weighted by atomic mass is 16.3. The molecular weight excluding hydrogens is 132 g/mol. The molecule has 1 saturated heterocycles. The number of aliphatic hydroxyl groups is 1. The largest absolute Gasteiger partial charge is 0.372 e. The fourth-order valence-corrected chi connectivity index (χ4v) is 1.00. The summed E-state index contributed by atoms with van der Waals surface area (Å²) in [6.45, 7) is 1.91. The average molecular weight is 143 g/mol. The van der Waals surface area contributed by atoms with Gasteiger partial charge in [0.1, 0.15) is 6.23 Å². The lowest BCUT2D eigenvalue weighted by molar-refractivity contribution is -0.00840. The monoisotopic (exact) mass is 143 g/mol. The maximum Gasteiger partial charge on any atom is 0.314 e. The second-order valence-corrected chi connectivity index (χ2v) is 2.53. The van der Waals surface area contributed by atoms with Gasteiger partial charge in [-0.3, -0.25) is 4.79 Å². The molecule has 0 aromatic carbocycles. The highest BCUT2D eigenvalue weighted by molar-refractivity contribution is 5.48. The van der Waals surface area contributed by atoms with Crippen molar-refractivity contribution in [2.75, 3.05) is 26.7 Å². The molecule has 0 aromatic rings. The first kappa shape index (κ1) is 7.50. The molecular formula is C6H11N2O2. The van der Waals surface area contributed by atoms with Crippen molar-refractivity contribution in [2.45, 2.75) is 6.23 Å². The first-order valence-electron chi connectivity index (χ1n) is 3.25. The third-order valence-corrected chi connectivity index (χ3v) is 1.67. The summed E-state index contributed by atoms with van der Waals surface area (Å²) in [5.74, 6) is 0. The first-order valence-corrected chi connectivity index (χ1v) is 3.25. The zero-order valence-corrected chi connectivity index (χ0v) is 5.95. The zero-order chi connectivity index (χ0) is 7.56. The molecule has 1 fully saturated rings. The number of piperazine rings is 1. The van der Waals surface area contributed by atoms with Crippen molar-refractivity contribution in [1.82, 2.24) is 9.80 Å². The molecule has 0 bridgehead atoms. The van der Waals surface area contributed by atoms with Gasteiger partial charge in [0, 0.05) is 19.6 Å². The van der Waals surface area contributed by atoms with Gasteiger partial charge in [-0.15, -0.1) is 0 Å². The summed E-state index contributed by atoms with van der Waals surface area (Å²) in [7, 11) is 1.91. The van der Waals surface area contributed by atoms with E-state index in [1.165, 1.54) is 4.90 Å². The van der Waals surface area contributed by atoms with E-state index in [-0.39, 0.29) is 0 Å². The van der Waals surface area contributed by atoms with Crippen molar-refractivity contribution >= 4 is 6.41 Å². The second kappa shape index (κ2) is 2.98. The normalized spacial score (nSPS) is 28.6. The van der Waals surface area contributed by atoms with E-state index >= 15 is 0 Å². The molecule has 0 aromatic heterocycles. The van der Waals surface area contributed by atoms with E-state index in [1.807, 2.05) is 11.9 Å². The van der Waals surface area contributed by atoms with Gasteiger partial charge in [0.2, 0.25) is 0 Å². The molecule has 4 heteroatoms. The van der Waals surface area contributed by atoms with Crippen LogP contribution < -0.4 is 0 Å². The Morgan fingerprint density at radius 1 is 1.60 bits per heavy atom. The van der Waals surface area contributed by atoms with Crippen LogP contribution in [-0.2, 0) is 4.79 Å². The number of β-amino-alcohol motifs (C(OH)–C–C–N with tert-alkyl or cyclic N) is 1. The molecule has 1 aliphatic heterocycles. The molecule has 1 aliphatic rings. The Morgan fingerprint density at radius 3 is 2.80 bits per heavy atom. The Bertz CT molecular complexity index is 129. The molecule has 0 spiro atoms. The molecule has 4 nitrogen and oxygen atoms in total. The summed E-state index contributed by atoms with van der Waals surface area (Å²) < 4.78 is 0. The quantitative estimate of drug-likeness (QED) is 0.492. The van der Waals surface area contributed by atoms with E-state index in [0.717, 1.165) is 6.54 Å². The van der Waals surface area contributed by atoms with E-state index in [4.69, 9.17) is 5.11 Å². The predicted molar refractivity (Wildman–Crippen MR) is 35.9 cm³/mol. The first-order chi connectivity index (χ1) is 4.74. The Hall–Kier alpha value is -0.610. The predicted octanol–water partition coefficient (Wildman–Crippen LogP) is -1.38. The molecule has 1 atom stereocenters. The smallest absolute Gasteiger partial charge is 0.314 e. The van der Waals surface area contributed by atoms with Crippen LogP contribution in [0.3, 0.4) is 0 Å². The Kier molecular flexibility index (Phi) is 2.24. The molecule has 1 radical (unpaired) electrons. The summed E-state index contributed by atoms with van der Waals surface area (Å²) in [6.07, 6.45) is 1.01. The summed E-state index contributed by atoms with van der Waals surface area (Å²) in [4.78, 5) is 13.3. The number of hydrogen-bond donors (Lipinski definition) is 1. The van der Waals surface area contributed by atoms with Crippen molar-refractivity contribution in [1.29, 1.82) is 0 Å². The van der Waals surface area contributed by atoms with E-state index < -0.39 is 6.23 Å². The molecule has 10 heavy (non-hydrogen) atoms. The van der Waals surface area contributed by atoms with E-state index in [0.29, 0.717) is 13.1 Å². The van der Waals surface area contributed by atoms with Gasteiger partial charge in [0.15, 0.2) is 0 Å². The highest BCUT2D eigenvalue weighted by Gasteiger charge is 2.21. The lowest BCUT2D eigenvalue weighted by Crippen LogP contribution is -2.50. The van der Waals surface area contributed by atoms with Crippen molar-refractivity contribution in [3.05, 3.63) is 0 Å². The Labute approximate surface area is 60.0 Å². The summed E-state index contributed by atoms with van der Waals surface area (Å²) in [5.41, 5.74) is 0. The van der Waals surface area contributed by atoms with Crippen molar-refractivity contribution in [3.63, 3.8) is 0 Å². The van der Waals surface area contributed by atoms with E-state index in [9.17, 15) is 4.79 Å². The maximum atomic E-state index is 10.1. The van der Waals surface area contributed by atoms with Gasteiger partial charge in [-0.25, -0.2) is 0 Å². The topological polar surface area (TPSA) is 43.8 Å². The van der Waals surface area contributed by atoms with Crippen LogP contribution in [0.25, 0.3) is 0 Å². The van der Waals surface area contributed by atoms with E-state index in [1.54, 1.807) is 6.41 Å². The number of nitrogens with zero attached hydrogens (tertiary/aromatic N) is 2. The zero-order valence-electron chi connectivity index (χ0n) is 5.95. The Morgan fingerprint density at radius 2 is 2.30 bits per heavy atom. The number of likely N-dealkylation sites (N-methyl/N-ethyl adjacent to an activating group) is 1. The lowest BCUT2D eigenvalue weighted by Gasteiger charge is -2.33. The van der Waals surface area contributed by atoms with Crippen LogP contribution in [-0.4, -0.2) is 54.2 Å². The van der Waals surface area contributed by atoms with Crippen molar-refractivity contribution < 1.29 is 9.90 Å². The summed E-state index contributed by atoms with van der Waals surface area (Å²) >= 11 is 0. The minimum Gasteiger partial charge on any atom is -0.372 e. The minimum absolute atomic E-state index is 0.523. The van der Waals surface area contributed by atoms with Gasteiger partial charge in [0.05, 0.1) is 0 Å². The highest BCUT2D eigenvalue weighted by Crippen LogP contribution is 2.01. The summed E-state index contributed by atoms with van der Waals surface area (Å²) in [6, 6.07) is 0. The number of carbonyl (C=O) groups excluding carboxylic acids is 1. The maximum absolute atomic E-state index is 10.1. The number of rotatable bonds is 1. The standard InChI is InChI=1S/C6H11N2O2/c1-7-2-3-8(5-9)6(10)4-7/h6,10H,2-4H2,1H3. The van der Waals surface area contributed by atoms with Crippen LogP contribution in [0.4, 0.5) is 0 Å². The Balaban J connectivity index is 2.43. The van der Waals surface area contributed by atoms with Crippen LogP contribution in [0.5, 0.6) is 0 Å². The van der Waals surface area contributed by atoms with Gasteiger partial charge >= 0.3 is 6.41 Å². The molecule has 1 N–H and O–H groups in total. The summed E-state index contributed by atoms with van der Waals surface area (Å²) in [5, 5.41) is 9.16. The second-order valence-electron chi connectivity index (χ2n) is 2.53. The number of hydrogen-bond acceptors (Lipinski definition) is 3. The van der Waals surface area contributed by atoms with Crippen LogP contribution in [0.2, 0.25) is 0 Å². The van der Waals surface area contributed by atoms with Crippen molar-refractivity contribution in [3.8, 4) is 0 Å². The van der Waals surface area contributed by atoms with Gasteiger partial charge in [0.25, 0.3) is 0 Å². The third kappa shape index (κ3) is 1.46. The molecule has 1 heterocycles. The molecule has 1 amide bonds. The lowest BCUT2D eigenvalue weighted by atomic mass is 10.3. The van der Waals surface area contributed by atoms with Crippen LogP contribution in [0.15, 0.2) is 0 Å². The number of amides is 1. The fourth-order valence-electron chi connectivity index (χ4n) is 1.00. The number of aliphatic hydroxyl groups excluding tert-OH is 1. The SMILES string of the molecule is CN1CCN([C]=O)C(O)C1. The molecule has 57 valence electrons. The molecule has 1 rings (SSSR count). The average Bonchev–Trinajstić information content (AvgIpc) is 1.88.